The Balaban J connectivity index is 0.769. The second kappa shape index (κ2) is 20.4. The summed E-state index contributed by atoms with van der Waals surface area (Å²) in [5.41, 5.74) is 21.7. The fourth-order valence-electron chi connectivity index (χ4n) is 6.39. The molecule has 0 saturated carbocycles. The van der Waals surface area contributed by atoms with Crippen molar-refractivity contribution in [1.82, 2.24) is 55.1 Å². The highest BCUT2D eigenvalue weighted by Gasteiger charge is 2.24. The summed E-state index contributed by atoms with van der Waals surface area (Å²) in [5.74, 6) is 0.620. The number of nitrogen functional groups attached to an aromatic ring is 2. The van der Waals surface area contributed by atoms with E-state index in [2.05, 4.69) is 35.6 Å². The second-order valence-electron chi connectivity index (χ2n) is 13.8. The van der Waals surface area contributed by atoms with E-state index in [1.807, 2.05) is 17.0 Å². The molecule has 1 saturated heterocycles. The minimum absolute atomic E-state index is 0.0326. The Bertz CT molecular complexity index is 2130. The molecule has 1 aliphatic heterocycles. The quantitative estimate of drug-likeness (QED) is 0.0599. The van der Waals surface area contributed by atoms with Crippen molar-refractivity contribution in [3.8, 4) is 11.3 Å². The van der Waals surface area contributed by atoms with E-state index in [9.17, 15) is 14.4 Å². The van der Waals surface area contributed by atoms with Crippen molar-refractivity contribution in [3.63, 3.8) is 0 Å². The van der Waals surface area contributed by atoms with Gasteiger partial charge in [-0.3, -0.25) is 19.3 Å². The molecule has 8 N–H and O–H groups in total. The van der Waals surface area contributed by atoms with Gasteiger partial charge < -0.3 is 51.5 Å². The molecule has 0 unspecified atom stereocenters. The first kappa shape index (κ1) is 41.6. The normalized spacial score (nSPS) is 13.2. The Morgan fingerprint density at radius 2 is 1.66 bits per heavy atom. The minimum atomic E-state index is -0.197. The van der Waals surface area contributed by atoms with Gasteiger partial charge in [0.05, 0.1) is 44.9 Å². The average Bonchev–Trinajstić information content (AvgIpc) is 3.79. The number of amides is 3. The number of fused-ring (bicyclic) bond motifs is 2. The van der Waals surface area contributed by atoms with Crippen LogP contribution in [0.3, 0.4) is 0 Å². The monoisotopic (exact) mass is 801 g/mol. The van der Waals surface area contributed by atoms with Gasteiger partial charge in [0.15, 0.2) is 11.2 Å². The lowest BCUT2D eigenvalue weighted by atomic mass is 10.1. The lowest BCUT2D eigenvalue weighted by molar-refractivity contribution is -0.133. The standard InChI is InChI=1S/C37H51N15O6/c1-49(23-31(55)50-10-12-51(13-11-50)37-43-20-25(19-38)21-44-37)22-30(54)42-8-15-57-17-16-56-14-6-29(53)41-7-2-3-9-52-35-32(34(39)45-24-46-35)33(48-52)26-4-5-28-27(18-26)47-36(40)58-28/h4-5,18,20-21,24H,2-3,6-17,19,22-23,38H2,1H3,(H2,40,47)(H,41,53)(H,42,54)(H2,39,45,46). The molecule has 1 aliphatic rings. The Hall–Kier alpha value is -6.03. The lowest BCUT2D eigenvalue weighted by Crippen LogP contribution is -2.52. The number of nitrogens with two attached hydrogens (primary N) is 3. The number of carbonyl (C=O) groups excluding carboxylic acids is 3. The number of benzene rings is 1. The van der Waals surface area contributed by atoms with Crippen molar-refractivity contribution in [1.29, 1.82) is 0 Å². The Labute approximate surface area is 334 Å². The van der Waals surface area contributed by atoms with Crippen LogP contribution in [0.2, 0.25) is 0 Å². The maximum absolute atomic E-state index is 12.8. The molecule has 21 heteroatoms. The van der Waals surface area contributed by atoms with E-state index in [0.29, 0.717) is 112 Å². The summed E-state index contributed by atoms with van der Waals surface area (Å²) in [6.45, 7) is 5.61. The molecule has 0 aliphatic carbocycles. The minimum Gasteiger partial charge on any atom is -0.424 e. The van der Waals surface area contributed by atoms with Gasteiger partial charge in [-0.05, 0) is 38.1 Å². The number of oxazole rings is 1. The van der Waals surface area contributed by atoms with Crippen molar-refractivity contribution in [2.45, 2.75) is 32.4 Å². The first-order chi connectivity index (χ1) is 28.2. The topological polar surface area (TPSA) is 277 Å². The summed E-state index contributed by atoms with van der Waals surface area (Å²) in [6.07, 6.45) is 6.55. The number of aromatic nitrogens is 7. The highest BCUT2D eigenvalue weighted by Crippen LogP contribution is 2.32. The molecule has 58 heavy (non-hydrogen) atoms. The van der Waals surface area contributed by atoms with Crippen LogP contribution in [0.5, 0.6) is 0 Å². The smallest absolute Gasteiger partial charge is 0.292 e. The van der Waals surface area contributed by atoms with Gasteiger partial charge in [-0.15, -0.1) is 0 Å². The second-order valence-corrected chi connectivity index (χ2v) is 13.8. The maximum Gasteiger partial charge on any atom is 0.292 e. The number of likely N-dealkylation sites (N-methyl/N-ethyl adjacent to an activating group) is 1. The molecule has 1 fully saturated rings. The molecule has 5 heterocycles. The molecule has 0 atom stereocenters. The third kappa shape index (κ3) is 11.3. The third-order valence-electron chi connectivity index (χ3n) is 9.43. The third-order valence-corrected chi connectivity index (χ3v) is 9.43. The molecular formula is C37H51N15O6. The summed E-state index contributed by atoms with van der Waals surface area (Å²) in [5, 5.41) is 11.2. The Kier molecular flexibility index (Phi) is 14.6. The number of hydrogen-bond acceptors (Lipinski definition) is 17. The number of unbranched alkanes of at least 4 members (excludes halogenated alkanes) is 1. The molecule has 21 nitrogen and oxygen atoms in total. The highest BCUT2D eigenvalue weighted by atomic mass is 16.5. The first-order valence-corrected chi connectivity index (χ1v) is 19.2. The zero-order chi connectivity index (χ0) is 40.9. The zero-order valence-corrected chi connectivity index (χ0v) is 32.6. The molecule has 5 aromatic rings. The fraction of sp³-hybridized carbons (Fsp3) is 0.486. The van der Waals surface area contributed by atoms with Gasteiger partial charge in [0.25, 0.3) is 6.01 Å². The van der Waals surface area contributed by atoms with Crippen LogP contribution in [0, 0.1) is 0 Å². The van der Waals surface area contributed by atoms with Gasteiger partial charge >= 0.3 is 0 Å². The van der Waals surface area contributed by atoms with Crippen LogP contribution < -0.4 is 32.7 Å². The average molecular weight is 802 g/mol. The summed E-state index contributed by atoms with van der Waals surface area (Å²) in [7, 11) is 1.74. The van der Waals surface area contributed by atoms with Crippen molar-refractivity contribution in [2.24, 2.45) is 5.73 Å². The molecular weight excluding hydrogens is 751 g/mol. The molecule has 0 spiro atoms. The van der Waals surface area contributed by atoms with E-state index in [0.717, 1.165) is 24.0 Å². The van der Waals surface area contributed by atoms with Crippen LogP contribution in [0.25, 0.3) is 33.4 Å². The van der Waals surface area contributed by atoms with Crippen LogP contribution in [0.4, 0.5) is 17.8 Å². The van der Waals surface area contributed by atoms with Crippen LogP contribution >= 0.6 is 0 Å². The van der Waals surface area contributed by atoms with Crippen molar-refractivity contribution < 1.29 is 28.3 Å². The summed E-state index contributed by atoms with van der Waals surface area (Å²) in [4.78, 5) is 64.5. The van der Waals surface area contributed by atoms with E-state index in [-0.39, 0.29) is 49.9 Å². The summed E-state index contributed by atoms with van der Waals surface area (Å²) >= 11 is 0. The number of carbonyl (C=O) groups is 3. The van der Waals surface area contributed by atoms with E-state index in [4.69, 9.17) is 36.2 Å². The van der Waals surface area contributed by atoms with Crippen LogP contribution in [0.15, 0.2) is 41.3 Å². The van der Waals surface area contributed by atoms with Gasteiger partial charge in [-0.25, -0.2) is 24.6 Å². The number of rotatable bonds is 21. The zero-order valence-electron chi connectivity index (χ0n) is 32.6. The molecule has 6 rings (SSSR count). The van der Waals surface area contributed by atoms with Crippen LogP contribution in [-0.4, -0.2) is 148 Å². The molecule has 310 valence electrons. The predicted molar refractivity (Wildman–Crippen MR) is 215 cm³/mol. The SMILES string of the molecule is CN(CC(=O)NCCOCCOCCC(=O)NCCCCn1nc(-c2ccc3oc(N)nc3c2)c2c(N)ncnc21)CC(=O)N1CCN(c2ncc(CN)cn2)CC1. The number of hydrogen-bond donors (Lipinski definition) is 5. The number of ether oxygens (including phenoxy) is 2. The summed E-state index contributed by atoms with van der Waals surface area (Å²) in [6, 6.07) is 5.57. The lowest BCUT2D eigenvalue weighted by Gasteiger charge is -2.35. The number of nitrogens with one attached hydrogen (secondary N) is 2. The van der Waals surface area contributed by atoms with Crippen molar-refractivity contribution in [3.05, 3.63) is 42.5 Å². The summed E-state index contributed by atoms with van der Waals surface area (Å²) < 4.78 is 18.2. The van der Waals surface area contributed by atoms with Gasteiger partial charge in [-0.2, -0.15) is 10.1 Å². The van der Waals surface area contributed by atoms with Gasteiger partial charge in [0.1, 0.15) is 23.4 Å². The predicted octanol–water partition coefficient (Wildman–Crippen LogP) is -0.236. The number of nitrogens with zero attached hydrogens (tertiary/aromatic N) is 10. The van der Waals surface area contributed by atoms with Gasteiger partial charge in [0.2, 0.25) is 23.7 Å². The molecule has 0 radical (unpaired) electrons. The van der Waals surface area contributed by atoms with E-state index in [1.165, 1.54) is 6.33 Å². The largest absolute Gasteiger partial charge is 0.424 e. The molecule has 3 amide bonds. The van der Waals surface area contributed by atoms with Crippen LogP contribution in [-0.2, 0) is 36.9 Å². The Morgan fingerprint density at radius 1 is 0.897 bits per heavy atom. The van der Waals surface area contributed by atoms with Crippen molar-refractivity contribution in [2.75, 3.05) is 102 Å². The Morgan fingerprint density at radius 3 is 2.43 bits per heavy atom. The van der Waals surface area contributed by atoms with Crippen LogP contribution in [0.1, 0.15) is 24.8 Å². The van der Waals surface area contributed by atoms with E-state index in [1.54, 1.807) is 40.0 Å². The maximum atomic E-state index is 12.8. The number of anilines is 3. The highest BCUT2D eigenvalue weighted by molar-refractivity contribution is 5.99. The van der Waals surface area contributed by atoms with E-state index >= 15 is 0 Å². The van der Waals surface area contributed by atoms with Gasteiger partial charge in [0, 0.05) is 82.3 Å². The fourth-order valence-corrected chi connectivity index (χ4v) is 6.39. The first-order valence-electron chi connectivity index (χ1n) is 19.2. The van der Waals surface area contributed by atoms with Gasteiger partial charge in [-0.1, -0.05) is 0 Å². The molecule has 0 bridgehead atoms. The number of piperazine rings is 1. The van der Waals surface area contributed by atoms with Crippen molar-refractivity contribution >= 4 is 57.6 Å². The molecule has 1 aromatic carbocycles. The number of aryl methyl sites for hydroxylation is 1. The van der Waals surface area contributed by atoms with E-state index < -0.39 is 0 Å². The molecule has 4 aromatic heterocycles.